The molecule has 1 rings (SSSR count). The third kappa shape index (κ3) is 4.97. The zero-order valence-corrected chi connectivity index (χ0v) is 10.3. The van der Waals surface area contributed by atoms with Gasteiger partial charge >= 0.3 is 11.9 Å². The van der Waals surface area contributed by atoms with E-state index in [1.165, 1.54) is 0 Å². The Morgan fingerprint density at radius 1 is 1.33 bits per heavy atom. The number of nitrogens with one attached hydrogen (secondary N) is 1. The summed E-state index contributed by atoms with van der Waals surface area (Å²) in [7, 11) is 1.61. The fourth-order valence-corrected chi connectivity index (χ4v) is 1.48. The van der Waals surface area contributed by atoms with Crippen molar-refractivity contribution in [1.29, 1.82) is 0 Å². The minimum Gasteiger partial charge on any atom is -0.481 e. The second kappa shape index (κ2) is 7.45. The van der Waals surface area contributed by atoms with Gasteiger partial charge in [0.25, 0.3) is 0 Å². The monoisotopic (exact) mass is 251 g/mol. The lowest BCUT2D eigenvalue weighted by Gasteiger charge is -2.14. The van der Waals surface area contributed by atoms with E-state index in [9.17, 15) is 9.59 Å². The van der Waals surface area contributed by atoms with E-state index in [4.69, 9.17) is 9.84 Å². The number of carboxylic acids is 1. The molecule has 1 aromatic rings. The molecule has 0 saturated carbocycles. The minimum atomic E-state index is -0.925. The fourth-order valence-electron chi connectivity index (χ4n) is 1.48. The first-order valence-electron chi connectivity index (χ1n) is 5.73. The molecule has 0 bridgehead atoms. The lowest BCUT2D eigenvalue weighted by atomic mass is 10.1. The van der Waals surface area contributed by atoms with Gasteiger partial charge in [-0.2, -0.15) is 0 Å². The van der Waals surface area contributed by atoms with E-state index in [0.29, 0.717) is 0 Å². The summed E-state index contributed by atoms with van der Waals surface area (Å²) in [6, 6.07) is 8.75. The molecule has 98 valence electrons. The predicted molar refractivity (Wildman–Crippen MR) is 66.0 cm³/mol. The van der Waals surface area contributed by atoms with Crippen molar-refractivity contribution in [3.05, 3.63) is 35.9 Å². The van der Waals surface area contributed by atoms with Gasteiger partial charge in [0.05, 0.1) is 0 Å². The number of carbonyl (C=O) groups excluding carboxylic acids is 1. The Balaban J connectivity index is 2.40. The molecular weight excluding hydrogens is 234 g/mol. The molecule has 2 N–H and O–H groups in total. The van der Waals surface area contributed by atoms with Gasteiger partial charge in [-0.05, 0) is 19.0 Å². The van der Waals surface area contributed by atoms with Crippen LogP contribution >= 0.6 is 0 Å². The van der Waals surface area contributed by atoms with Crippen molar-refractivity contribution in [2.24, 2.45) is 0 Å². The highest BCUT2D eigenvalue weighted by atomic mass is 16.5. The van der Waals surface area contributed by atoms with Crippen molar-refractivity contribution in [3.8, 4) is 0 Å². The second-order valence-corrected chi connectivity index (χ2v) is 3.87. The maximum atomic E-state index is 11.7. The Labute approximate surface area is 106 Å². The summed E-state index contributed by atoms with van der Waals surface area (Å²) in [6.45, 7) is 0.199. The van der Waals surface area contributed by atoms with Crippen LogP contribution in [0.4, 0.5) is 0 Å². The molecule has 0 saturated heterocycles. The molecular formula is C13H17NO4. The number of hydrogen-bond acceptors (Lipinski definition) is 4. The van der Waals surface area contributed by atoms with Crippen LogP contribution in [0.25, 0.3) is 0 Å². The Morgan fingerprint density at radius 3 is 2.56 bits per heavy atom. The first-order valence-corrected chi connectivity index (χ1v) is 5.73. The number of aliphatic carboxylic acids is 1. The van der Waals surface area contributed by atoms with Gasteiger partial charge < -0.3 is 15.2 Å². The van der Waals surface area contributed by atoms with Crippen LogP contribution < -0.4 is 5.32 Å². The largest absolute Gasteiger partial charge is 0.481 e. The van der Waals surface area contributed by atoms with Crippen LogP contribution in [0, 0.1) is 0 Å². The van der Waals surface area contributed by atoms with Gasteiger partial charge in [0.15, 0.2) is 0 Å². The standard InChI is InChI=1S/C13H17NO4/c1-14-11(7-8-12(15)16)13(17)18-9-10-5-3-2-4-6-10/h2-6,11,14H,7-9H2,1H3,(H,15,16)/t11-/m0/s1. The fraction of sp³-hybridized carbons (Fsp3) is 0.385. The Morgan fingerprint density at radius 2 is 2.00 bits per heavy atom. The number of carboxylic acid groups (broad SMARTS) is 1. The van der Waals surface area contributed by atoms with E-state index in [0.717, 1.165) is 5.56 Å². The average molecular weight is 251 g/mol. The number of esters is 1. The molecule has 1 atom stereocenters. The molecule has 0 aliphatic carbocycles. The topological polar surface area (TPSA) is 75.6 Å². The normalized spacial score (nSPS) is 11.8. The highest BCUT2D eigenvalue weighted by molar-refractivity contribution is 5.77. The van der Waals surface area contributed by atoms with Crippen molar-refractivity contribution in [1.82, 2.24) is 5.32 Å². The van der Waals surface area contributed by atoms with Gasteiger partial charge in [-0.25, -0.2) is 0 Å². The van der Waals surface area contributed by atoms with Gasteiger partial charge in [0.2, 0.25) is 0 Å². The molecule has 0 fully saturated rings. The van der Waals surface area contributed by atoms with Crippen molar-refractivity contribution in [2.75, 3.05) is 7.05 Å². The number of hydrogen-bond donors (Lipinski definition) is 2. The van der Waals surface area contributed by atoms with E-state index < -0.39 is 18.0 Å². The molecule has 18 heavy (non-hydrogen) atoms. The highest BCUT2D eigenvalue weighted by Crippen LogP contribution is 2.04. The smallest absolute Gasteiger partial charge is 0.323 e. The van der Waals surface area contributed by atoms with Crippen LogP contribution in [0.3, 0.4) is 0 Å². The summed E-state index contributed by atoms with van der Waals surface area (Å²) < 4.78 is 5.12. The van der Waals surface area contributed by atoms with Gasteiger partial charge in [0.1, 0.15) is 12.6 Å². The number of ether oxygens (including phenoxy) is 1. The van der Waals surface area contributed by atoms with Crippen LogP contribution in [0.1, 0.15) is 18.4 Å². The maximum Gasteiger partial charge on any atom is 0.323 e. The molecule has 5 nitrogen and oxygen atoms in total. The van der Waals surface area contributed by atoms with E-state index in [1.807, 2.05) is 30.3 Å². The summed E-state index contributed by atoms with van der Waals surface area (Å²) >= 11 is 0. The lowest BCUT2D eigenvalue weighted by molar-refractivity contribution is -0.147. The van der Waals surface area contributed by atoms with Crippen LogP contribution in [0.2, 0.25) is 0 Å². The van der Waals surface area contributed by atoms with E-state index >= 15 is 0 Å². The van der Waals surface area contributed by atoms with Gasteiger partial charge in [0, 0.05) is 6.42 Å². The van der Waals surface area contributed by atoms with Crippen molar-refractivity contribution in [3.63, 3.8) is 0 Å². The number of rotatable bonds is 7. The molecule has 0 aliphatic heterocycles. The molecule has 5 heteroatoms. The van der Waals surface area contributed by atoms with Crippen LogP contribution in [-0.4, -0.2) is 30.1 Å². The molecule has 0 radical (unpaired) electrons. The van der Waals surface area contributed by atoms with Gasteiger partial charge in [-0.3, -0.25) is 9.59 Å². The summed E-state index contributed by atoms with van der Waals surface area (Å²) in [4.78, 5) is 22.1. The minimum absolute atomic E-state index is 0.0635. The van der Waals surface area contributed by atoms with Crippen LogP contribution in [0.5, 0.6) is 0 Å². The van der Waals surface area contributed by atoms with Crippen molar-refractivity contribution >= 4 is 11.9 Å². The zero-order chi connectivity index (χ0) is 13.4. The predicted octanol–water partition coefficient (Wildman–Crippen LogP) is 1.18. The summed E-state index contributed by atoms with van der Waals surface area (Å²) in [5.74, 6) is -1.35. The van der Waals surface area contributed by atoms with Crippen LogP contribution in [0.15, 0.2) is 30.3 Å². The SMILES string of the molecule is CN[C@@H](CCC(=O)O)C(=O)OCc1ccccc1. The molecule has 0 aromatic heterocycles. The Bertz CT molecular complexity index is 391. The summed E-state index contributed by atoms with van der Waals surface area (Å²) in [6.07, 6.45) is 0.158. The number of likely N-dealkylation sites (N-methyl/N-ethyl adjacent to an activating group) is 1. The van der Waals surface area contributed by atoms with E-state index in [-0.39, 0.29) is 19.4 Å². The zero-order valence-electron chi connectivity index (χ0n) is 10.3. The van der Waals surface area contributed by atoms with E-state index in [2.05, 4.69) is 5.32 Å². The lowest BCUT2D eigenvalue weighted by Crippen LogP contribution is -2.35. The van der Waals surface area contributed by atoms with Crippen LogP contribution in [-0.2, 0) is 20.9 Å². The molecule has 0 aliphatic rings. The quantitative estimate of drug-likeness (QED) is 0.712. The number of carbonyl (C=O) groups is 2. The Kier molecular flexibility index (Phi) is 5.87. The first kappa shape index (κ1) is 14.2. The highest BCUT2D eigenvalue weighted by Gasteiger charge is 2.18. The summed E-state index contributed by atoms with van der Waals surface area (Å²) in [5.41, 5.74) is 0.902. The molecule has 0 spiro atoms. The average Bonchev–Trinajstić information content (AvgIpc) is 2.38. The molecule has 1 aromatic carbocycles. The van der Waals surface area contributed by atoms with E-state index in [1.54, 1.807) is 7.05 Å². The second-order valence-electron chi connectivity index (χ2n) is 3.87. The molecule has 0 unspecified atom stereocenters. The third-order valence-electron chi connectivity index (χ3n) is 2.50. The summed E-state index contributed by atoms with van der Waals surface area (Å²) in [5, 5.41) is 11.3. The first-order chi connectivity index (χ1) is 8.63. The van der Waals surface area contributed by atoms with Crippen molar-refractivity contribution < 1.29 is 19.4 Å². The molecule has 0 amide bonds. The Hall–Kier alpha value is -1.88. The third-order valence-corrected chi connectivity index (χ3v) is 2.50. The van der Waals surface area contributed by atoms with Crippen molar-refractivity contribution in [2.45, 2.75) is 25.5 Å². The number of benzene rings is 1. The molecule has 0 heterocycles. The van der Waals surface area contributed by atoms with Gasteiger partial charge in [-0.1, -0.05) is 30.3 Å². The maximum absolute atomic E-state index is 11.7. The van der Waals surface area contributed by atoms with Gasteiger partial charge in [-0.15, -0.1) is 0 Å².